The van der Waals surface area contributed by atoms with Crippen molar-refractivity contribution in [3.63, 3.8) is 0 Å². The van der Waals surface area contributed by atoms with Crippen molar-refractivity contribution in [1.82, 2.24) is 20.1 Å². The number of rotatable bonds is 4. The Morgan fingerprint density at radius 1 is 1.12 bits per heavy atom. The fourth-order valence-corrected chi connectivity index (χ4v) is 3.17. The summed E-state index contributed by atoms with van der Waals surface area (Å²) in [7, 11) is 0. The Hall–Kier alpha value is -2.95. The van der Waals surface area contributed by atoms with Gasteiger partial charge >= 0.3 is 0 Å². The molecule has 120 valence electrons. The molecule has 0 fully saturated rings. The number of pyridine rings is 1. The molecule has 1 aliphatic carbocycles. The minimum atomic E-state index is -0.119. The van der Waals surface area contributed by atoms with Crippen LogP contribution in [-0.4, -0.2) is 20.7 Å². The van der Waals surface area contributed by atoms with Crippen molar-refractivity contribution < 1.29 is 4.79 Å². The Bertz CT molecular complexity index is 856. The zero-order valence-corrected chi connectivity index (χ0v) is 13.3. The lowest BCUT2D eigenvalue weighted by Crippen LogP contribution is -2.24. The number of para-hydroxylation sites is 1. The van der Waals surface area contributed by atoms with E-state index in [1.807, 2.05) is 47.1 Å². The molecule has 3 aromatic rings. The predicted octanol–water partition coefficient (Wildman–Crippen LogP) is 2.69. The van der Waals surface area contributed by atoms with E-state index in [0.29, 0.717) is 12.2 Å². The highest BCUT2D eigenvalue weighted by atomic mass is 16.1. The molecule has 0 unspecified atom stereocenters. The normalized spacial score (nSPS) is 12.8. The first kappa shape index (κ1) is 14.6. The fraction of sp³-hybridized carbons (Fsp3) is 0.211. The van der Waals surface area contributed by atoms with Crippen molar-refractivity contribution in [1.29, 1.82) is 0 Å². The van der Waals surface area contributed by atoms with Gasteiger partial charge in [0.25, 0.3) is 5.91 Å². The topological polar surface area (TPSA) is 59.8 Å². The zero-order chi connectivity index (χ0) is 16.4. The van der Waals surface area contributed by atoms with E-state index in [1.54, 1.807) is 12.4 Å². The minimum absolute atomic E-state index is 0.119. The van der Waals surface area contributed by atoms with Gasteiger partial charge in [-0.3, -0.25) is 9.78 Å². The molecule has 0 saturated carbocycles. The van der Waals surface area contributed by atoms with Crippen LogP contribution in [0.3, 0.4) is 0 Å². The van der Waals surface area contributed by atoms with Crippen molar-refractivity contribution in [3.05, 3.63) is 77.4 Å². The molecule has 2 heterocycles. The Morgan fingerprint density at radius 3 is 2.79 bits per heavy atom. The van der Waals surface area contributed by atoms with Gasteiger partial charge in [0.05, 0.1) is 5.69 Å². The molecule has 0 saturated heterocycles. The van der Waals surface area contributed by atoms with E-state index < -0.39 is 0 Å². The fourth-order valence-electron chi connectivity index (χ4n) is 3.17. The van der Waals surface area contributed by atoms with Crippen LogP contribution in [-0.2, 0) is 19.4 Å². The molecule has 1 N–H and O–H groups in total. The molecule has 0 aliphatic heterocycles. The maximum absolute atomic E-state index is 12.6. The van der Waals surface area contributed by atoms with Crippen LogP contribution in [0.1, 0.15) is 33.7 Å². The van der Waals surface area contributed by atoms with Crippen molar-refractivity contribution in [2.45, 2.75) is 25.8 Å². The summed E-state index contributed by atoms with van der Waals surface area (Å²) in [5.74, 6) is -0.119. The minimum Gasteiger partial charge on any atom is -0.346 e. The van der Waals surface area contributed by atoms with Crippen LogP contribution in [0.4, 0.5) is 0 Å². The second-order valence-electron chi connectivity index (χ2n) is 5.92. The van der Waals surface area contributed by atoms with Crippen molar-refractivity contribution in [2.24, 2.45) is 0 Å². The first-order valence-electron chi connectivity index (χ1n) is 8.16. The van der Waals surface area contributed by atoms with Crippen molar-refractivity contribution >= 4 is 5.91 Å². The highest BCUT2D eigenvalue weighted by Gasteiger charge is 2.26. The first-order valence-corrected chi connectivity index (χ1v) is 8.16. The molecule has 0 atom stereocenters. The van der Waals surface area contributed by atoms with E-state index in [4.69, 9.17) is 0 Å². The summed E-state index contributed by atoms with van der Waals surface area (Å²) in [6.07, 6.45) is 6.43. The average molecular weight is 318 g/mol. The lowest BCUT2D eigenvalue weighted by molar-refractivity contribution is 0.0944. The quantitative estimate of drug-likeness (QED) is 0.804. The second kappa shape index (κ2) is 6.28. The van der Waals surface area contributed by atoms with Crippen LogP contribution >= 0.6 is 0 Å². The highest BCUT2D eigenvalue weighted by Crippen LogP contribution is 2.27. The molecule has 5 heteroatoms. The van der Waals surface area contributed by atoms with Gasteiger partial charge < -0.3 is 5.32 Å². The molecule has 24 heavy (non-hydrogen) atoms. The van der Waals surface area contributed by atoms with Crippen LogP contribution in [0.25, 0.3) is 5.69 Å². The van der Waals surface area contributed by atoms with E-state index in [-0.39, 0.29) is 5.91 Å². The smallest absolute Gasteiger partial charge is 0.272 e. The number of nitrogens with one attached hydrogen (secondary N) is 1. The lowest BCUT2D eigenvalue weighted by atomic mass is 10.2. The molecular formula is C19H18N4O. The van der Waals surface area contributed by atoms with Crippen LogP contribution in [0.5, 0.6) is 0 Å². The van der Waals surface area contributed by atoms with Crippen LogP contribution < -0.4 is 5.32 Å². The van der Waals surface area contributed by atoms with Gasteiger partial charge in [0, 0.05) is 30.2 Å². The third-order valence-electron chi connectivity index (χ3n) is 4.32. The summed E-state index contributed by atoms with van der Waals surface area (Å²) in [6.45, 7) is 0.458. The van der Waals surface area contributed by atoms with Gasteiger partial charge in [0.15, 0.2) is 5.69 Å². The Kier molecular flexibility index (Phi) is 3.83. The van der Waals surface area contributed by atoms with Gasteiger partial charge in [-0.1, -0.05) is 24.3 Å². The summed E-state index contributed by atoms with van der Waals surface area (Å²) in [5, 5.41) is 7.56. The van der Waals surface area contributed by atoms with Crippen LogP contribution in [0.2, 0.25) is 0 Å². The number of amides is 1. The van der Waals surface area contributed by atoms with Crippen LogP contribution in [0, 0.1) is 0 Å². The molecule has 1 aliphatic rings. The van der Waals surface area contributed by atoms with Gasteiger partial charge in [0.2, 0.25) is 0 Å². The second-order valence-corrected chi connectivity index (χ2v) is 5.92. The number of fused-ring (bicyclic) bond motifs is 1. The molecule has 5 nitrogen and oxygen atoms in total. The van der Waals surface area contributed by atoms with Crippen LogP contribution in [0.15, 0.2) is 54.9 Å². The monoisotopic (exact) mass is 318 g/mol. The molecular weight excluding hydrogens is 300 g/mol. The largest absolute Gasteiger partial charge is 0.346 e. The third-order valence-corrected chi connectivity index (χ3v) is 4.32. The molecule has 0 bridgehead atoms. The Balaban J connectivity index is 1.60. The Labute approximate surface area is 140 Å². The number of benzene rings is 1. The highest BCUT2D eigenvalue weighted by molar-refractivity contribution is 5.94. The maximum atomic E-state index is 12.6. The summed E-state index contributed by atoms with van der Waals surface area (Å²) >= 11 is 0. The number of nitrogens with zero attached hydrogens (tertiary/aromatic N) is 3. The van der Waals surface area contributed by atoms with Gasteiger partial charge in [0.1, 0.15) is 0 Å². The summed E-state index contributed by atoms with van der Waals surface area (Å²) in [4.78, 5) is 16.7. The maximum Gasteiger partial charge on any atom is 0.272 e. The van der Waals surface area contributed by atoms with Crippen molar-refractivity contribution in [2.75, 3.05) is 0 Å². The molecule has 0 radical (unpaired) electrons. The lowest BCUT2D eigenvalue weighted by Gasteiger charge is -2.05. The van der Waals surface area contributed by atoms with E-state index in [2.05, 4.69) is 15.4 Å². The summed E-state index contributed by atoms with van der Waals surface area (Å²) in [5.41, 5.74) is 4.78. The molecule has 1 aromatic carbocycles. The molecule has 1 amide bonds. The standard InChI is InChI=1S/C19H18N4O/c24-19(21-13-14-6-5-11-20-12-14)18-16-9-4-10-17(16)23(22-18)15-7-2-1-3-8-15/h1-3,5-8,11-12H,4,9-10,13H2,(H,21,24). The van der Waals surface area contributed by atoms with Crippen molar-refractivity contribution in [3.8, 4) is 5.69 Å². The van der Waals surface area contributed by atoms with E-state index in [0.717, 1.165) is 41.8 Å². The first-order chi connectivity index (χ1) is 11.8. The third kappa shape index (κ3) is 2.69. The molecule has 4 rings (SSSR count). The van der Waals surface area contributed by atoms with Gasteiger partial charge in [-0.05, 0) is 43.0 Å². The Morgan fingerprint density at radius 2 is 2.00 bits per heavy atom. The summed E-state index contributed by atoms with van der Waals surface area (Å²) < 4.78 is 1.92. The van der Waals surface area contributed by atoms with E-state index in [9.17, 15) is 4.79 Å². The average Bonchev–Trinajstić information content (AvgIpc) is 3.24. The van der Waals surface area contributed by atoms with E-state index >= 15 is 0 Å². The van der Waals surface area contributed by atoms with E-state index in [1.165, 1.54) is 0 Å². The predicted molar refractivity (Wildman–Crippen MR) is 91.0 cm³/mol. The number of hydrogen-bond acceptors (Lipinski definition) is 3. The van der Waals surface area contributed by atoms with Gasteiger partial charge in [-0.25, -0.2) is 4.68 Å². The number of hydrogen-bond donors (Lipinski definition) is 1. The molecule has 0 spiro atoms. The SMILES string of the molecule is O=C(NCc1cccnc1)c1nn(-c2ccccc2)c2c1CCC2. The number of aromatic nitrogens is 3. The van der Waals surface area contributed by atoms with Gasteiger partial charge in [-0.2, -0.15) is 5.10 Å². The summed E-state index contributed by atoms with van der Waals surface area (Å²) in [6, 6.07) is 13.8. The number of carbonyl (C=O) groups excluding carboxylic acids is 1. The molecule has 2 aromatic heterocycles. The zero-order valence-electron chi connectivity index (χ0n) is 13.3. The number of carbonyl (C=O) groups is 1. The van der Waals surface area contributed by atoms with Gasteiger partial charge in [-0.15, -0.1) is 0 Å².